The van der Waals surface area contributed by atoms with Gasteiger partial charge in [0.25, 0.3) is 0 Å². The van der Waals surface area contributed by atoms with Gasteiger partial charge >= 0.3 is 5.97 Å². The number of likely N-dealkylation sites (tertiary alicyclic amines) is 1. The van der Waals surface area contributed by atoms with Crippen LogP contribution in [0.1, 0.15) is 29.2 Å². The molecule has 21 heavy (non-hydrogen) atoms. The predicted molar refractivity (Wildman–Crippen MR) is 78.0 cm³/mol. The third kappa shape index (κ3) is 3.08. The molecule has 1 aromatic rings. The van der Waals surface area contributed by atoms with Gasteiger partial charge in [0.05, 0.1) is 18.6 Å². The number of carbonyl (C=O) groups is 2. The number of benzene rings is 1. The second-order valence-corrected chi connectivity index (χ2v) is 5.52. The van der Waals surface area contributed by atoms with Gasteiger partial charge in [0.2, 0.25) is 5.91 Å². The molecule has 1 saturated heterocycles. The summed E-state index contributed by atoms with van der Waals surface area (Å²) in [5.74, 6) is -1.74. The lowest BCUT2D eigenvalue weighted by atomic mass is 9.92. The lowest BCUT2D eigenvalue weighted by Gasteiger charge is -2.27. The zero-order valence-electron chi connectivity index (χ0n) is 12.6. The number of hydrogen-bond donors (Lipinski definition) is 1. The summed E-state index contributed by atoms with van der Waals surface area (Å²) in [6.45, 7) is 4.82. The van der Waals surface area contributed by atoms with E-state index in [-0.39, 0.29) is 12.3 Å². The molecule has 2 rings (SSSR count). The van der Waals surface area contributed by atoms with Crippen LogP contribution in [0.15, 0.2) is 18.2 Å². The Kier molecular flexibility index (Phi) is 4.63. The van der Waals surface area contributed by atoms with E-state index in [2.05, 4.69) is 0 Å². The zero-order valence-corrected chi connectivity index (χ0v) is 12.6. The van der Waals surface area contributed by atoms with E-state index in [1.165, 1.54) is 0 Å². The first-order chi connectivity index (χ1) is 9.95. The SMILES string of the molecule is COCCN1C(=O)CC(C(=O)O)C1c1ccc(C)c(C)c1. The number of hydrogen-bond acceptors (Lipinski definition) is 3. The van der Waals surface area contributed by atoms with Gasteiger partial charge in [0.15, 0.2) is 0 Å². The fourth-order valence-electron chi connectivity index (χ4n) is 2.83. The van der Waals surface area contributed by atoms with Crippen molar-refractivity contribution in [1.82, 2.24) is 4.90 Å². The van der Waals surface area contributed by atoms with Crippen LogP contribution in [0, 0.1) is 19.8 Å². The van der Waals surface area contributed by atoms with Crippen molar-refractivity contribution in [2.45, 2.75) is 26.3 Å². The Balaban J connectivity index is 2.38. The van der Waals surface area contributed by atoms with E-state index in [0.29, 0.717) is 13.2 Å². The van der Waals surface area contributed by atoms with E-state index < -0.39 is 17.9 Å². The summed E-state index contributed by atoms with van der Waals surface area (Å²) < 4.78 is 5.03. The van der Waals surface area contributed by atoms with E-state index in [0.717, 1.165) is 16.7 Å². The molecule has 1 aliphatic rings. The molecule has 1 amide bonds. The Bertz CT molecular complexity index is 555. The summed E-state index contributed by atoms with van der Waals surface area (Å²) in [4.78, 5) is 25.3. The van der Waals surface area contributed by atoms with Crippen LogP contribution in [0.25, 0.3) is 0 Å². The van der Waals surface area contributed by atoms with Crippen molar-refractivity contribution >= 4 is 11.9 Å². The monoisotopic (exact) mass is 291 g/mol. The lowest BCUT2D eigenvalue weighted by Crippen LogP contribution is -2.33. The van der Waals surface area contributed by atoms with Gasteiger partial charge in [-0.25, -0.2) is 0 Å². The Hall–Kier alpha value is -1.88. The maximum atomic E-state index is 12.1. The lowest BCUT2D eigenvalue weighted by molar-refractivity contribution is -0.142. The molecular formula is C16H21NO4. The van der Waals surface area contributed by atoms with E-state index >= 15 is 0 Å². The first-order valence-electron chi connectivity index (χ1n) is 7.04. The molecule has 0 aliphatic carbocycles. The highest BCUT2D eigenvalue weighted by Crippen LogP contribution is 2.38. The number of methoxy groups -OCH3 is 1. The topological polar surface area (TPSA) is 66.8 Å². The summed E-state index contributed by atoms with van der Waals surface area (Å²) in [5, 5.41) is 9.42. The van der Waals surface area contributed by atoms with Crippen LogP contribution in [0.4, 0.5) is 0 Å². The smallest absolute Gasteiger partial charge is 0.309 e. The number of rotatable bonds is 5. The van der Waals surface area contributed by atoms with Crippen LogP contribution < -0.4 is 0 Å². The average Bonchev–Trinajstić information content (AvgIpc) is 2.77. The van der Waals surface area contributed by atoms with Crippen molar-refractivity contribution in [3.63, 3.8) is 0 Å². The van der Waals surface area contributed by atoms with E-state index in [1.54, 1.807) is 12.0 Å². The summed E-state index contributed by atoms with van der Waals surface area (Å²) in [5.41, 5.74) is 3.13. The number of carboxylic acids is 1. The molecule has 2 unspecified atom stereocenters. The second-order valence-electron chi connectivity index (χ2n) is 5.52. The van der Waals surface area contributed by atoms with Crippen LogP contribution in [-0.2, 0) is 14.3 Å². The van der Waals surface area contributed by atoms with Gasteiger partial charge < -0.3 is 14.7 Å². The number of carboxylic acid groups (broad SMARTS) is 1. The molecule has 5 heteroatoms. The van der Waals surface area contributed by atoms with Gasteiger partial charge in [0, 0.05) is 20.1 Å². The van der Waals surface area contributed by atoms with Crippen molar-refractivity contribution in [1.29, 1.82) is 0 Å². The standard InChI is InChI=1S/C16H21NO4/c1-10-4-5-12(8-11(10)2)15-13(16(19)20)9-14(18)17(15)6-7-21-3/h4-5,8,13,15H,6-7,9H2,1-3H3,(H,19,20). The molecule has 1 N–H and O–H groups in total. The van der Waals surface area contributed by atoms with Crippen LogP contribution in [0.3, 0.4) is 0 Å². The fraction of sp³-hybridized carbons (Fsp3) is 0.500. The molecule has 0 aromatic heterocycles. The number of carbonyl (C=O) groups excluding carboxylic acids is 1. The van der Waals surface area contributed by atoms with Gasteiger partial charge in [-0.1, -0.05) is 18.2 Å². The average molecular weight is 291 g/mol. The number of nitrogens with zero attached hydrogens (tertiary/aromatic N) is 1. The minimum absolute atomic E-state index is 0.0522. The van der Waals surface area contributed by atoms with Gasteiger partial charge in [-0.2, -0.15) is 0 Å². The molecule has 1 aliphatic heterocycles. The van der Waals surface area contributed by atoms with Crippen molar-refractivity contribution in [3.8, 4) is 0 Å². The first-order valence-corrected chi connectivity index (χ1v) is 7.04. The van der Waals surface area contributed by atoms with E-state index in [9.17, 15) is 14.7 Å². The Morgan fingerprint density at radius 3 is 2.67 bits per heavy atom. The highest BCUT2D eigenvalue weighted by Gasteiger charge is 2.44. The Labute approximate surface area is 124 Å². The second kappa shape index (κ2) is 6.26. The molecule has 114 valence electrons. The Morgan fingerprint density at radius 2 is 2.10 bits per heavy atom. The third-order valence-corrected chi connectivity index (χ3v) is 4.16. The number of ether oxygens (including phenoxy) is 1. The van der Waals surface area contributed by atoms with Gasteiger partial charge in [-0.3, -0.25) is 9.59 Å². The maximum Gasteiger partial charge on any atom is 0.309 e. The van der Waals surface area contributed by atoms with Crippen LogP contribution in [0.5, 0.6) is 0 Å². The molecule has 1 fully saturated rings. The first kappa shape index (κ1) is 15.5. The predicted octanol–water partition coefficient (Wildman–Crippen LogP) is 1.92. The van der Waals surface area contributed by atoms with Crippen molar-refractivity contribution in [2.75, 3.05) is 20.3 Å². The molecule has 0 radical (unpaired) electrons. The van der Waals surface area contributed by atoms with Gasteiger partial charge in [-0.05, 0) is 30.5 Å². The number of aryl methyl sites for hydroxylation is 2. The molecule has 1 aromatic carbocycles. The molecule has 1 heterocycles. The molecule has 0 saturated carbocycles. The molecule has 5 nitrogen and oxygen atoms in total. The molecule has 0 spiro atoms. The molecule has 0 bridgehead atoms. The maximum absolute atomic E-state index is 12.1. The quantitative estimate of drug-likeness (QED) is 0.900. The minimum atomic E-state index is -0.925. The van der Waals surface area contributed by atoms with Crippen molar-refractivity contribution < 1.29 is 19.4 Å². The Morgan fingerprint density at radius 1 is 1.38 bits per heavy atom. The highest BCUT2D eigenvalue weighted by atomic mass is 16.5. The normalized spacial score (nSPS) is 21.9. The third-order valence-electron chi connectivity index (χ3n) is 4.16. The summed E-state index contributed by atoms with van der Waals surface area (Å²) in [7, 11) is 1.57. The van der Waals surface area contributed by atoms with E-state index in [4.69, 9.17) is 4.74 Å². The van der Waals surface area contributed by atoms with Crippen LogP contribution >= 0.6 is 0 Å². The van der Waals surface area contributed by atoms with Gasteiger partial charge in [0.1, 0.15) is 0 Å². The fourth-order valence-corrected chi connectivity index (χ4v) is 2.83. The summed E-state index contributed by atoms with van der Waals surface area (Å²) in [6, 6.07) is 5.46. The van der Waals surface area contributed by atoms with Crippen molar-refractivity contribution in [3.05, 3.63) is 34.9 Å². The van der Waals surface area contributed by atoms with Gasteiger partial charge in [-0.15, -0.1) is 0 Å². The highest BCUT2D eigenvalue weighted by molar-refractivity contribution is 5.87. The van der Waals surface area contributed by atoms with Crippen LogP contribution in [-0.4, -0.2) is 42.1 Å². The summed E-state index contributed by atoms with van der Waals surface area (Å²) >= 11 is 0. The number of amides is 1. The zero-order chi connectivity index (χ0) is 15.6. The molecule has 2 atom stereocenters. The molecular weight excluding hydrogens is 270 g/mol. The van der Waals surface area contributed by atoms with Crippen LogP contribution in [0.2, 0.25) is 0 Å². The van der Waals surface area contributed by atoms with Crippen molar-refractivity contribution in [2.24, 2.45) is 5.92 Å². The number of aliphatic carboxylic acids is 1. The minimum Gasteiger partial charge on any atom is -0.481 e. The summed E-state index contributed by atoms with van der Waals surface area (Å²) in [6.07, 6.45) is 0.0522. The van der Waals surface area contributed by atoms with E-state index in [1.807, 2.05) is 32.0 Å². The largest absolute Gasteiger partial charge is 0.481 e.